The van der Waals surface area contributed by atoms with Gasteiger partial charge in [-0.05, 0) is 29.8 Å². The molecule has 0 heterocycles. The lowest BCUT2D eigenvalue weighted by molar-refractivity contribution is -0.114. The number of hydrogen-bond donors (Lipinski definition) is 1. The number of hydrogen-bond acceptors (Lipinski definition) is 5. The highest BCUT2D eigenvalue weighted by atomic mass is 16.5. The first-order valence-electron chi connectivity index (χ1n) is 7.15. The number of nitrogens with one attached hydrogen (secondary N) is 1. The van der Waals surface area contributed by atoms with Crippen LogP contribution in [0.1, 0.15) is 27.6 Å². The van der Waals surface area contributed by atoms with Crippen LogP contribution in [0.4, 0.5) is 5.69 Å². The van der Waals surface area contributed by atoms with E-state index in [1.165, 1.54) is 27.2 Å². The van der Waals surface area contributed by atoms with Crippen LogP contribution in [0.25, 0.3) is 11.1 Å². The minimum Gasteiger partial charge on any atom is -0.465 e. The number of para-hydroxylation sites is 1. The molecule has 2 aromatic rings. The molecule has 6 nitrogen and oxygen atoms in total. The summed E-state index contributed by atoms with van der Waals surface area (Å²) >= 11 is 0. The summed E-state index contributed by atoms with van der Waals surface area (Å²) in [6.45, 7) is 1.40. The quantitative estimate of drug-likeness (QED) is 0.873. The van der Waals surface area contributed by atoms with E-state index in [-0.39, 0.29) is 17.0 Å². The molecule has 24 heavy (non-hydrogen) atoms. The fraction of sp³-hybridized carbons (Fsp3) is 0.167. The van der Waals surface area contributed by atoms with Crippen LogP contribution in [0, 0.1) is 0 Å². The van der Waals surface area contributed by atoms with Gasteiger partial charge >= 0.3 is 11.9 Å². The molecule has 0 aromatic heterocycles. The molecule has 0 unspecified atom stereocenters. The summed E-state index contributed by atoms with van der Waals surface area (Å²) in [5.74, 6) is -1.36. The molecule has 1 amide bonds. The van der Waals surface area contributed by atoms with Gasteiger partial charge in [0.25, 0.3) is 0 Å². The smallest absolute Gasteiger partial charge is 0.337 e. The zero-order chi connectivity index (χ0) is 17.7. The van der Waals surface area contributed by atoms with Crippen molar-refractivity contribution in [3.8, 4) is 11.1 Å². The van der Waals surface area contributed by atoms with Crippen LogP contribution < -0.4 is 5.32 Å². The van der Waals surface area contributed by atoms with Crippen LogP contribution in [0.3, 0.4) is 0 Å². The number of methoxy groups -OCH3 is 2. The lowest BCUT2D eigenvalue weighted by atomic mass is 9.98. The van der Waals surface area contributed by atoms with Crippen LogP contribution in [0.15, 0.2) is 42.5 Å². The van der Waals surface area contributed by atoms with Gasteiger partial charge in [0.15, 0.2) is 0 Å². The Kier molecular flexibility index (Phi) is 5.31. The molecular formula is C18H17NO5. The van der Waals surface area contributed by atoms with Crippen molar-refractivity contribution in [2.75, 3.05) is 19.5 Å². The Bertz CT molecular complexity index is 763. The van der Waals surface area contributed by atoms with E-state index < -0.39 is 11.9 Å². The number of benzene rings is 2. The molecule has 0 spiro atoms. The minimum absolute atomic E-state index is 0.216. The van der Waals surface area contributed by atoms with Crippen molar-refractivity contribution in [1.82, 2.24) is 0 Å². The fourth-order valence-electron chi connectivity index (χ4n) is 2.29. The second-order valence-electron chi connectivity index (χ2n) is 5.01. The standard InChI is InChI=1S/C18H17NO5/c1-11(20)19-16-7-5-4-6-15(16)12-8-13(17(21)23-2)10-14(9-12)18(22)24-3/h4-10H,1-3H3,(H,19,20). The highest BCUT2D eigenvalue weighted by molar-refractivity contribution is 5.99. The molecule has 0 bridgehead atoms. The van der Waals surface area contributed by atoms with E-state index in [4.69, 9.17) is 9.47 Å². The zero-order valence-electron chi connectivity index (χ0n) is 13.6. The second-order valence-corrected chi connectivity index (χ2v) is 5.01. The van der Waals surface area contributed by atoms with Crippen LogP contribution in [0.5, 0.6) is 0 Å². The third kappa shape index (κ3) is 3.78. The Morgan fingerprint density at radius 1 is 0.875 bits per heavy atom. The molecule has 0 saturated heterocycles. The third-order valence-corrected chi connectivity index (χ3v) is 3.32. The maximum atomic E-state index is 11.9. The maximum Gasteiger partial charge on any atom is 0.337 e. The predicted octanol–water partition coefficient (Wildman–Crippen LogP) is 2.89. The van der Waals surface area contributed by atoms with E-state index in [0.717, 1.165) is 0 Å². The van der Waals surface area contributed by atoms with Crippen molar-refractivity contribution in [2.24, 2.45) is 0 Å². The van der Waals surface area contributed by atoms with E-state index in [9.17, 15) is 14.4 Å². The molecule has 6 heteroatoms. The van der Waals surface area contributed by atoms with Gasteiger partial charge in [-0.3, -0.25) is 4.79 Å². The van der Waals surface area contributed by atoms with Gasteiger partial charge in [0.1, 0.15) is 0 Å². The second kappa shape index (κ2) is 7.41. The van der Waals surface area contributed by atoms with Gasteiger partial charge in [0, 0.05) is 18.2 Å². The van der Waals surface area contributed by atoms with Gasteiger partial charge in [0.2, 0.25) is 5.91 Å². The summed E-state index contributed by atoms with van der Waals surface area (Å²) in [5, 5.41) is 2.73. The van der Waals surface area contributed by atoms with Gasteiger partial charge in [-0.25, -0.2) is 9.59 Å². The maximum absolute atomic E-state index is 11.9. The number of amides is 1. The molecule has 124 valence electrons. The summed E-state index contributed by atoms with van der Waals surface area (Å²) in [6, 6.07) is 11.7. The number of esters is 2. The molecule has 0 fully saturated rings. The largest absolute Gasteiger partial charge is 0.465 e. The minimum atomic E-state index is -0.570. The Hall–Kier alpha value is -3.15. The molecule has 0 atom stereocenters. The first-order valence-corrected chi connectivity index (χ1v) is 7.15. The first kappa shape index (κ1) is 17.2. The molecule has 0 aliphatic rings. The lowest BCUT2D eigenvalue weighted by Gasteiger charge is -2.12. The average molecular weight is 327 g/mol. The molecular weight excluding hydrogens is 310 g/mol. The van der Waals surface area contributed by atoms with Crippen molar-refractivity contribution < 1.29 is 23.9 Å². The van der Waals surface area contributed by atoms with Crippen molar-refractivity contribution in [3.05, 3.63) is 53.6 Å². The Morgan fingerprint density at radius 2 is 1.42 bits per heavy atom. The Labute approximate surface area is 139 Å². The molecule has 0 radical (unpaired) electrons. The van der Waals surface area contributed by atoms with E-state index in [0.29, 0.717) is 16.8 Å². The average Bonchev–Trinajstić information content (AvgIpc) is 2.59. The topological polar surface area (TPSA) is 81.7 Å². The van der Waals surface area contributed by atoms with Crippen LogP contribution in [-0.2, 0) is 14.3 Å². The van der Waals surface area contributed by atoms with E-state index in [1.807, 2.05) is 0 Å². The zero-order valence-corrected chi connectivity index (χ0v) is 13.6. The summed E-state index contributed by atoms with van der Waals surface area (Å²) in [4.78, 5) is 35.1. The first-order chi connectivity index (χ1) is 11.5. The highest BCUT2D eigenvalue weighted by Gasteiger charge is 2.16. The Balaban J connectivity index is 2.63. The van der Waals surface area contributed by atoms with Crippen LogP contribution in [0.2, 0.25) is 0 Å². The number of rotatable bonds is 4. The van der Waals surface area contributed by atoms with Crippen molar-refractivity contribution in [1.29, 1.82) is 0 Å². The van der Waals surface area contributed by atoms with Crippen molar-refractivity contribution in [2.45, 2.75) is 6.92 Å². The molecule has 0 saturated carbocycles. The van der Waals surface area contributed by atoms with Gasteiger partial charge in [-0.15, -0.1) is 0 Å². The van der Waals surface area contributed by atoms with Crippen molar-refractivity contribution in [3.63, 3.8) is 0 Å². The predicted molar refractivity (Wildman–Crippen MR) is 88.9 cm³/mol. The van der Waals surface area contributed by atoms with Crippen molar-refractivity contribution >= 4 is 23.5 Å². The molecule has 2 rings (SSSR count). The van der Waals surface area contributed by atoms with Crippen LogP contribution in [-0.4, -0.2) is 32.1 Å². The summed E-state index contributed by atoms with van der Waals surface area (Å²) in [5.41, 5.74) is 2.26. The summed E-state index contributed by atoms with van der Waals surface area (Å²) in [7, 11) is 2.52. The summed E-state index contributed by atoms with van der Waals surface area (Å²) in [6.07, 6.45) is 0. The SMILES string of the molecule is COC(=O)c1cc(C(=O)OC)cc(-c2ccccc2NC(C)=O)c1. The molecule has 0 aliphatic carbocycles. The van der Waals surface area contributed by atoms with E-state index in [2.05, 4.69) is 5.32 Å². The number of carbonyl (C=O) groups excluding carboxylic acids is 3. The van der Waals surface area contributed by atoms with E-state index >= 15 is 0 Å². The molecule has 1 N–H and O–H groups in total. The summed E-state index contributed by atoms with van der Waals surface area (Å²) < 4.78 is 9.46. The lowest BCUT2D eigenvalue weighted by Crippen LogP contribution is -2.09. The monoisotopic (exact) mass is 327 g/mol. The van der Waals surface area contributed by atoms with Crippen LogP contribution >= 0.6 is 0 Å². The number of anilines is 1. The normalized spacial score (nSPS) is 9.96. The Morgan fingerprint density at radius 3 is 1.92 bits per heavy atom. The van der Waals surface area contributed by atoms with Gasteiger partial charge in [-0.2, -0.15) is 0 Å². The third-order valence-electron chi connectivity index (χ3n) is 3.32. The number of carbonyl (C=O) groups is 3. The molecule has 0 aliphatic heterocycles. The van der Waals surface area contributed by atoms with Gasteiger partial charge < -0.3 is 14.8 Å². The molecule has 2 aromatic carbocycles. The highest BCUT2D eigenvalue weighted by Crippen LogP contribution is 2.30. The number of ether oxygens (including phenoxy) is 2. The van der Waals surface area contributed by atoms with Gasteiger partial charge in [0.05, 0.1) is 25.3 Å². The van der Waals surface area contributed by atoms with E-state index in [1.54, 1.807) is 36.4 Å². The fourth-order valence-corrected chi connectivity index (χ4v) is 2.29. The van der Waals surface area contributed by atoms with Gasteiger partial charge in [-0.1, -0.05) is 18.2 Å².